The normalized spacial score (nSPS) is 10.5. The van der Waals surface area contributed by atoms with Crippen molar-refractivity contribution in [3.8, 4) is 11.3 Å². The van der Waals surface area contributed by atoms with Crippen molar-refractivity contribution in [3.63, 3.8) is 0 Å². The van der Waals surface area contributed by atoms with E-state index in [1.54, 1.807) is 24.3 Å². The standard InChI is InChI=1S/C21H20N4O3/c1-2-14-7-9-15(10-8-14)17-11-12-20(27)25(24-17)13-19(26)23-18-6-4-3-5-16(18)21(22)28/h3-12H,2,13H2,1H3,(H2,22,28)(H,23,26). The zero-order valence-electron chi connectivity index (χ0n) is 15.4. The van der Waals surface area contributed by atoms with Crippen molar-refractivity contribution in [2.24, 2.45) is 5.73 Å². The predicted octanol–water partition coefficient (Wildman–Crippen LogP) is 2.21. The van der Waals surface area contributed by atoms with Gasteiger partial charge in [0.1, 0.15) is 6.54 Å². The molecule has 0 saturated carbocycles. The number of carbonyl (C=O) groups excluding carboxylic acids is 2. The Morgan fingerprint density at radius 2 is 1.75 bits per heavy atom. The Balaban J connectivity index is 1.81. The highest BCUT2D eigenvalue weighted by atomic mass is 16.2. The Kier molecular flexibility index (Phi) is 5.64. The lowest BCUT2D eigenvalue weighted by molar-refractivity contribution is -0.117. The minimum atomic E-state index is -0.649. The minimum absolute atomic E-state index is 0.195. The van der Waals surface area contributed by atoms with Gasteiger partial charge in [0.25, 0.3) is 11.5 Å². The van der Waals surface area contributed by atoms with Crippen molar-refractivity contribution < 1.29 is 9.59 Å². The van der Waals surface area contributed by atoms with Crippen LogP contribution in [-0.4, -0.2) is 21.6 Å². The molecule has 0 aliphatic carbocycles. The monoisotopic (exact) mass is 376 g/mol. The molecule has 0 aliphatic heterocycles. The zero-order valence-corrected chi connectivity index (χ0v) is 15.4. The van der Waals surface area contributed by atoms with Crippen molar-refractivity contribution in [3.05, 3.63) is 82.1 Å². The van der Waals surface area contributed by atoms with Crippen molar-refractivity contribution in [1.29, 1.82) is 0 Å². The summed E-state index contributed by atoms with van der Waals surface area (Å²) in [6.07, 6.45) is 0.931. The molecule has 7 nitrogen and oxygen atoms in total. The Hall–Kier alpha value is -3.74. The van der Waals surface area contributed by atoms with Crippen LogP contribution in [-0.2, 0) is 17.8 Å². The third-order valence-corrected chi connectivity index (χ3v) is 4.28. The number of rotatable bonds is 6. The number of aromatic nitrogens is 2. The van der Waals surface area contributed by atoms with Gasteiger partial charge in [-0.3, -0.25) is 14.4 Å². The molecule has 0 bridgehead atoms. The molecular formula is C21H20N4O3. The summed E-state index contributed by atoms with van der Waals surface area (Å²) in [7, 11) is 0. The zero-order chi connectivity index (χ0) is 20.1. The van der Waals surface area contributed by atoms with Crippen LogP contribution in [0.25, 0.3) is 11.3 Å². The highest BCUT2D eigenvalue weighted by Crippen LogP contribution is 2.17. The first-order valence-corrected chi connectivity index (χ1v) is 8.84. The third kappa shape index (κ3) is 4.32. The molecule has 3 N–H and O–H groups in total. The lowest BCUT2D eigenvalue weighted by Gasteiger charge is -2.10. The van der Waals surface area contributed by atoms with Crippen molar-refractivity contribution in [2.75, 3.05) is 5.32 Å². The molecule has 0 unspecified atom stereocenters. The maximum atomic E-state index is 12.4. The smallest absolute Gasteiger partial charge is 0.267 e. The third-order valence-electron chi connectivity index (χ3n) is 4.28. The number of para-hydroxylation sites is 1. The van der Waals surface area contributed by atoms with E-state index in [-0.39, 0.29) is 12.1 Å². The van der Waals surface area contributed by atoms with Crippen LogP contribution in [0.2, 0.25) is 0 Å². The molecule has 142 valence electrons. The summed E-state index contributed by atoms with van der Waals surface area (Å²) in [4.78, 5) is 36.0. The summed E-state index contributed by atoms with van der Waals surface area (Å²) < 4.78 is 1.09. The van der Waals surface area contributed by atoms with Crippen molar-refractivity contribution >= 4 is 17.5 Å². The summed E-state index contributed by atoms with van der Waals surface area (Å²) in [5.74, 6) is -1.13. The van der Waals surface area contributed by atoms with E-state index in [9.17, 15) is 14.4 Å². The molecule has 0 saturated heterocycles. The van der Waals surface area contributed by atoms with E-state index in [0.29, 0.717) is 11.4 Å². The van der Waals surface area contributed by atoms with Gasteiger partial charge in [0.05, 0.1) is 16.9 Å². The number of nitrogens with zero attached hydrogens (tertiary/aromatic N) is 2. The van der Waals surface area contributed by atoms with E-state index in [1.807, 2.05) is 24.3 Å². The highest BCUT2D eigenvalue weighted by molar-refractivity contribution is 6.02. The van der Waals surface area contributed by atoms with Crippen LogP contribution >= 0.6 is 0 Å². The molecule has 28 heavy (non-hydrogen) atoms. The van der Waals surface area contributed by atoms with Crippen LogP contribution in [0.3, 0.4) is 0 Å². The number of nitrogens with one attached hydrogen (secondary N) is 1. The van der Waals surface area contributed by atoms with Gasteiger partial charge in [-0.05, 0) is 30.2 Å². The Labute approximate surface area is 161 Å². The topological polar surface area (TPSA) is 107 Å². The number of benzene rings is 2. The van der Waals surface area contributed by atoms with E-state index in [2.05, 4.69) is 17.3 Å². The summed E-state index contributed by atoms with van der Waals surface area (Å²) in [5.41, 5.74) is 8.05. The first kappa shape index (κ1) is 19.0. The summed E-state index contributed by atoms with van der Waals surface area (Å²) in [6.45, 7) is 1.79. The molecule has 1 aromatic heterocycles. The maximum Gasteiger partial charge on any atom is 0.267 e. The average Bonchev–Trinajstić information content (AvgIpc) is 2.70. The maximum absolute atomic E-state index is 12.4. The Morgan fingerprint density at radius 3 is 2.43 bits per heavy atom. The summed E-state index contributed by atoms with van der Waals surface area (Å²) in [6, 6.07) is 17.3. The molecule has 7 heteroatoms. The molecule has 3 rings (SSSR count). The van der Waals surface area contributed by atoms with Crippen LogP contribution in [0.4, 0.5) is 5.69 Å². The first-order valence-electron chi connectivity index (χ1n) is 8.84. The molecular weight excluding hydrogens is 356 g/mol. The second kappa shape index (κ2) is 8.30. The van der Waals surface area contributed by atoms with Crippen molar-refractivity contribution in [2.45, 2.75) is 19.9 Å². The van der Waals surface area contributed by atoms with E-state index in [0.717, 1.165) is 16.7 Å². The number of anilines is 1. The van der Waals surface area contributed by atoms with Gasteiger partial charge in [-0.2, -0.15) is 5.10 Å². The van der Waals surface area contributed by atoms with Crippen LogP contribution in [0, 0.1) is 0 Å². The van der Waals surface area contributed by atoms with Gasteiger partial charge in [0.15, 0.2) is 0 Å². The molecule has 0 fully saturated rings. The second-order valence-electron chi connectivity index (χ2n) is 6.22. The molecule has 0 spiro atoms. The second-order valence-corrected chi connectivity index (χ2v) is 6.22. The average molecular weight is 376 g/mol. The molecule has 0 atom stereocenters. The fraction of sp³-hybridized carbons (Fsp3) is 0.143. The highest BCUT2D eigenvalue weighted by Gasteiger charge is 2.12. The van der Waals surface area contributed by atoms with E-state index >= 15 is 0 Å². The van der Waals surface area contributed by atoms with Gasteiger partial charge >= 0.3 is 0 Å². The summed E-state index contributed by atoms with van der Waals surface area (Å²) >= 11 is 0. The fourth-order valence-electron chi connectivity index (χ4n) is 2.76. The number of amides is 2. The van der Waals surface area contributed by atoms with Gasteiger partial charge < -0.3 is 11.1 Å². The van der Waals surface area contributed by atoms with Crippen LogP contribution in [0.15, 0.2) is 65.5 Å². The van der Waals surface area contributed by atoms with Crippen LogP contribution in [0.1, 0.15) is 22.8 Å². The number of aryl methyl sites for hydroxylation is 1. The van der Waals surface area contributed by atoms with Gasteiger partial charge in [-0.25, -0.2) is 4.68 Å². The lowest BCUT2D eigenvalue weighted by atomic mass is 10.1. The number of hydrogen-bond donors (Lipinski definition) is 2. The quantitative estimate of drug-likeness (QED) is 0.688. The number of nitrogens with two attached hydrogens (primary N) is 1. The molecule has 2 aromatic carbocycles. The molecule has 3 aromatic rings. The molecule has 2 amide bonds. The molecule has 0 radical (unpaired) electrons. The Bertz CT molecular complexity index is 1070. The summed E-state index contributed by atoms with van der Waals surface area (Å²) in [5, 5.41) is 6.89. The minimum Gasteiger partial charge on any atom is -0.366 e. The number of primary amides is 1. The van der Waals surface area contributed by atoms with Crippen molar-refractivity contribution in [1.82, 2.24) is 9.78 Å². The van der Waals surface area contributed by atoms with Gasteiger partial charge in [0.2, 0.25) is 5.91 Å². The molecule has 1 heterocycles. The van der Waals surface area contributed by atoms with E-state index in [1.165, 1.54) is 17.7 Å². The number of hydrogen-bond acceptors (Lipinski definition) is 4. The van der Waals surface area contributed by atoms with E-state index in [4.69, 9.17) is 5.73 Å². The van der Waals surface area contributed by atoms with Gasteiger partial charge in [-0.15, -0.1) is 0 Å². The molecule has 0 aliphatic rings. The van der Waals surface area contributed by atoms with Crippen LogP contribution in [0.5, 0.6) is 0 Å². The first-order chi connectivity index (χ1) is 13.5. The van der Waals surface area contributed by atoms with Gasteiger partial charge in [-0.1, -0.05) is 43.3 Å². The predicted molar refractivity (Wildman–Crippen MR) is 107 cm³/mol. The largest absolute Gasteiger partial charge is 0.366 e. The lowest BCUT2D eigenvalue weighted by Crippen LogP contribution is -2.30. The Morgan fingerprint density at radius 1 is 1.04 bits per heavy atom. The van der Waals surface area contributed by atoms with E-state index < -0.39 is 17.4 Å². The SMILES string of the molecule is CCc1ccc(-c2ccc(=O)n(CC(=O)Nc3ccccc3C(N)=O)n2)cc1. The van der Waals surface area contributed by atoms with Gasteiger partial charge in [0, 0.05) is 11.6 Å². The fourth-order valence-corrected chi connectivity index (χ4v) is 2.76. The number of carbonyl (C=O) groups is 2. The van der Waals surface area contributed by atoms with Crippen LogP contribution < -0.4 is 16.6 Å².